The van der Waals surface area contributed by atoms with Crippen LogP contribution in [0.4, 0.5) is 5.69 Å². The minimum atomic E-state index is 0.200. The van der Waals surface area contributed by atoms with Crippen LogP contribution in [0.5, 0.6) is 0 Å². The number of nitrogens with zero attached hydrogens (tertiary/aromatic N) is 2. The maximum absolute atomic E-state index is 13.0. The molecule has 21 heavy (non-hydrogen) atoms. The number of likely N-dealkylation sites (N-methyl/N-ethyl adjacent to an activating group) is 1. The van der Waals surface area contributed by atoms with Crippen molar-refractivity contribution in [1.82, 2.24) is 9.80 Å². The molecule has 4 nitrogen and oxygen atoms in total. The Kier molecular flexibility index (Phi) is 4.15. The highest BCUT2D eigenvalue weighted by Crippen LogP contribution is 2.29. The summed E-state index contributed by atoms with van der Waals surface area (Å²) >= 11 is 0. The zero-order chi connectivity index (χ0) is 14.8. The van der Waals surface area contributed by atoms with Gasteiger partial charge in [0.2, 0.25) is 0 Å². The number of amides is 1. The Morgan fingerprint density at radius 3 is 3.05 bits per heavy atom. The van der Waals surface area contributed by atoms with E-state index in [9.17, 15) is 4.79 Å². The summed E-state index contributed by atoms with van der Waals surface area (Å²) in [7, 11) is 4.15. The molecule has 1 aromatic rings. The Morgan fingerprint density at radius 2 is 2.24 bits per heavy atom. The lowest BCUT2D eigenvalue weighted by Crippen LogP contribution is -2.41. The highest BCUT2D eigenvalue weighted by atomic mass is 16.2. The smallest absolute Gasteiger partial charge is 0.256 e. The monoisotopic (exact) mass is 287 g/mol. The number of nitrogens with one attached hydrogen (secondary N) is 1. The molecule has 3 rings (SSSR count). The van der Waals surface area contributed by atoms with Gasteiger partial charge in [0.25, 0.3) is 5.91 Å². The molecule has 2 heterocycles. The Labute approximate surface area is 127 Å². The third kappa shape index (κ3) is 2.91. The van der Waals surface area contributed by atoms with Gasteiger partial charge in [0.1, 0.15) is 0 Å². The zero-order valence-electron chi connectivity index (χ0n) is 13.1. The summed E-state index contributed by atoms with van der Waals surface area (Å²) in [6.07, 6.45) is 4.46. The molecule has 2 aliphatic heterocycles. The number of hydrogen-bond donors (Lipinski definition) is 1. The van der Waals surface area contributed by atoms with Crippen molar-refractivity contribution in [1.29, 1.82) is 0 Å². The average molecular weight is 287 g/mol. The second-order valence-electron chi connectivity index (χ2n) is 6.43. The van der Waals surface area contributed by atoms with E-state index in [4.69, 9.17) is 0 Å². The first kappa shape index (κ1) is 14.4. The number of aryl methyl sites for hydroxylation is 1. The Hall–Kier alpha value is -1.55. The Balaban J connectivity index is 1.85. The van der Waals surface area contributed by atoms with Crippen molar-refractivity contribution in [2.45, 2.75) is 31.7 Å². The number of para-hydroxylation sites is 1. The lowest BCUT2D eigenvalue weighted by atomic mass is 9.98. The van der Waals surface area contributed by atoms with Crippen LogP contribution < -0.4 is 5.32 Å². The normalized spacial score (nSPS) is 21.3. The first-order valence-electron chi connectivity index (χ1n) is 7.98. The van der Waals surface area contributed by atoms with Crippen LogP contribution in [0, 0.1) is 0 Å². The van der Waals surface area contributed by atoms with Crippen molar-refractivity contribution >= 4 is 11.6 Å². The molecular formula is C17H25N3O. The van der Waals surface area contributed by atoms with Gasteiger partial charge in [-0.05, 0) is 51.4 Å². The van der Waals surface area contributed by atoms with Gasteiger partial charge < -0.3 is 15.1 Å². The highest BCUT2D eigenvalue weighted by molar-refractivity contribution is 6.00. The lowest BCUT2D eigenvalue weighted by Gasteiger charge is -2.29. The minimum Gasteiger partial charge on any atom is -0.384 e. The van der Waals surface area contributed by atoms with Gasteiger partial charge in [0.15, 0.2) is 0 Å². The standard InChI is InChI=1S/C17H25N3O/c1-19(2)12-14-8-5-11-20(14)17(21)15-9-3-6-13-7-4-10-18-16(13)15/h3,6,9,14,18H,4-5,7-8,10-12H2,1-2H3. The van der Waals surface area contributed by atoms with Crippen molar-refractivity contribution in [3.8, 4) is 0 Å². The first-order chi connectivity index (χ1) is 10.2. The van der Waals surface area contributed by atoms with E-state index < -0.39 is 0 Å². The maximum atomic E-state index is 13.0. The van der Waals surface area contributed by atoms with Crippen LogP contribution in [0.15, 0.2) is 18.2 Å². The quantitative estimate of drug-likeness (QED) is 0.926. The van der Waals surface area contributed by atoms with Gasteiger partial charge in [-0.25, -0.2) is 0 Å². The van der Waals surface area contributed by atoms with Crippen LogP contribution in [-0.4, -0.2) is 55.5 Å². The topological polar surface area (TPSA) is 35.6 Å². The number of benzene rings is 1. The van der Waals surface area contributed by atoms with Crippen molar-refractivity contribution in [2.75, 3.05) is 39.0 Å². The van der Waals surface area contributed by atoms with Crippen molar-refractivity contribution in [2.24, 2.45) is 0 Å². The summed E-state index contributed by atoms with van der Waals surface area (Å²) in [5.74, 6) is 0.200. The summed E-state index contributed by atoms with van der Waals surface area (Å²) in [5, 5.41) is 3.43. The summed E-state index contributed by atoms with van der Waals surface area (Å²) < 4.78 is 0. The number of likely N-dealkylation sites (tertiary alicyclic amines) is 1. The van der Waals surface area contributed by atoms with E-state index in [0.29, 0.717) is 6.04 Å². The molecule has 1 aromatic carbocycles. The average Bonchev–Trinajstić information content (AvgIpc) is 2.93. The van der Waals surface area contributed by atoms with E-state index in [2.05, 4.69) is 35.3 Å². The SMILES string of the molecule is CN(C)CC1CCCN1C(=O)c1cccc2c1NCCC2. The molecule has 1 atom stereocenters. The molecule has 1 saturated heterocycles. The number of fused-ring (bicyclic) bond motifs is 1. The van der Waals surface area contributed by atoms with Crippen LogP contribution in [0.1, 0.15) is 35.2 Å². The van der Waals surface area contributed by atoms with Gasteiger partial charge in [-0.3, -0.25) is 4.79 Å². The largest absolute Gasteiger partial charge is 0.384 e. The van der Waals surface area contributed by atoms with E-state index in [1.807, 2.05) is 12.1 Å². The van der Waals surface area contributed by atoms with Crippen molar-refractivity contribution in [3.63, 3.8) is 0 Å². The zero-order valence-corrected chi connectivity index (χ0v) is 13.1. The number of carbonyl (C=O) groups is 1. The summed E-state index contributed by atoms with van der Waals surface area (Å²) in [4.78, 5) is 17.2. The molecule has 0 saturated carbocycles. The highest BCUT2D eigenvalue weighted by Gasteiger charge is 2.31. The molecule has 1 fully saturated rings. The molecule has 2 aliphatic rings. The van der Waals surface area contributed by atoms with E-state index in [0.717, 1.165) is 56.6 Å². The van der Waals surface area contributed by atoms with Gasteiger partial charge in [-0.2, -0.15) is 0 Å². The molecule has 0 bridgehead atoms. The molecule has 0 aromatic heterocycles. The predicted molar refractivity (Wildman–Crippen MR) is 85.9 cm³/mol. The van der Waals surface area contributed by atoms with E-state index in [-0.39, 0.29) is 5.91 Å². The number of hydrogen-bond acceptors (Lipinski definition) is 3. The Morgan fingerprint density at radius 1 is 1.38 bits per heavy atom. The van der Waals surface area contributed by atoms with Crippen LogP contribution in [-0.2, 0) is 6.42 Å². The predicted octanol–water partition coefficient (Wildman–Crippen LogP) is 2.21. The van der Waals surface area contributed by atoms with Gasteiger partial charge in [0.05, 0.1) is 11.3 Å². The number of rotatable bonds is 3. The molecule has 4 heteroatoms. The molecule has 1 amide bonds. The second-order valence-corrected chi connectivity index (χ2v) is 6.43. The van der Waals surface area contributed by atoms with Gasteiger partial charge in [-0.1, -0.05) is 12.1 Å². The third-order valence-electron chi connectivity index (χ3n) is 4.52. The molecule has 1 N–H and O–H groups in total. The molecule has 1 unspecified atom stereocenters. The minimum absolute atomic E-state index is 0.200. The van der Waals surface area contributed by atoms with E-state index in [1.165, 1.54) is 5.56 Å². The van der Waals surface area contributed by atoms with E-state index >= 15 is 0 Å². The molecular weight excluding hydrogens is 262 g/mol. The van der Waals surface area contributed by atoms with Crippen molar-refractivity contribution < 1.29 is 4.79 Å². The lowest BCUT2D eigenvalue weighted by molar-refractivity contribution is 0.0717. The Bertz CT molecular complexity index is 527. The summed E-state index contributed by atoms with van der Waals surface area (Å²) in [5.41, 5.74) is 3.22. The maximum Gasteiger partial charge on any atom is 0.256 e. The van der Waals surface area contributed by atoms with Crippen LogP contribution in [0.2, 0.25) is 0 Å². The fourth-order valence-electron chi connectivity index (χ4n) is 3.56. The number of anilines is 1. The molecule has 0 radical (unpaired) electrons. The fraction of sp³-hybridized carbons (Fsp3) is 0.588. The van der Waals surface area contributed by atoms with Gasteiger partial charge in [0, 0.05) is 25.7 Å². The van der Waals surface area contributed by atoms with Gasteiger partial charge in [-0.15, -0.1) is 0 Å². The summed E-state index contributed by atoms with van der Waals surface area (Å²) in [6, 6.07) is 6.49. The number of carbonyl (C=O) groups excluding carboxylic acids is 1. The molecule has 0 aliphatic carbocycles. The molecule has 0 spiro atoms. The fourth-order valence-corrected chi connectivity index (χ4v) is 3.56. The van der Waals surface area contributed by atoms with E-state index in [1.54, 1.807) is 0 Å². The molecule has 114 valence electrons. The van der Waals surface area contributed by atoms with Crippen LogP contribution >= 0.6 is 0 Å². The van der Waals surface area contributed by atoms with Crippen LogP contribution in [0.25, 0.3) is 0 Å². The van der Waals surface area contributed by atoms with Crippen LogP contribution in [0.3, 0.4) is 0 Å². The third-order valence-corrected chi connectivity index (χ3v) is 4.52. The van der Waals surface area contributed by atoms with Crippen molar-refractivity contribution in [3.05, 3.63) is 29.3 Å². The first-order valence-corrected chi connectivity index (χ1v) is 7.98. The van der Waals surface area contributed by atoms with Gasteiger partial charge >= 0.3 is 0 Å². The summed E-state index contributed by atoms with van der Waals surface area (Å²) in [6.45, 7) is 2.81. The second kappa shape index (κ2) is 6.06.